The summed E-state index contributed by atoms with van der Waals surface area (Å²) in [4.78, 5) is 26.1. The van der Waals surface area contributed by atoms with E-state index in [4.69, 9.17) is 20.2 Å². The number of aliphatic hydroxyl groups is 1. The van der Waals surface area contributed by atoms with Crippen molar-refractivity contribution in [1.82, 2.24) is 24.4 Å². The maximum absolute atomic E-state index is 14.1. The minimum atomic E-state index is -0.981. The Balaban J connectivity index is 1.38. The van der Waals surface area contributed by atoms with Crippen LogP contribution in [0.5, 0.6) is 11.5 Å². The highest BCUT2D eigenvalue weighted by Gasteiger charge is 2.26. The van der Waals surface area contributed by atoms with Crippen LogP contribution in [-0.2, 0) is 17.8 Å². The number of hydrogen-bond donors (Lipinski definition) is 2. The van der Waals surface area contributed by atoms with E-state index in [2.05, 4.69) is 32.6 Å². The van der Waals surface area contributed by atoms with E-state index in [-0.39, 0.29) is 18.5 Å². The number of benzene rings is 1. The molecule has 0 bridgehead atoms. The third-order valence-electron chi connectivity index (χ3n) is 6.61. The van der Waals surface area contributed by atoms with Crippen molar-refractivity contribution < 1.29 is 23.8 Å². The maximum Gasteiger partial charge on any atom is 0.312 e. The Morgan fingerprint density at radius 2 is 1.97 bits per heavy atom. The van der Waals surface area contributed by atoms with Gasteiger partial charge < -0.3 is 29.8 Å². The zero-order chi connectivity index (χ0) is 24.7. The van der Waals surface area contributed by atoms with Gasteiger partial charge in [-0.05, 0) is 72.4 Å². The van der Waals surface area contributed by atoms with Crippen molar-refractivity contribution in [3.05, 3.63) is 33.2 Å². The van der Waals surface area contributed by atoms with E-state index in [9.17, 15) is 14.3 Å². The molecule has 0 aliphatic carbocycles. The average Bonchev–Trinajstić information content (AvgIpc) is 3.41. The summed E-state index contributed by atoms with van der Waals surface area (Å²) in [6.07, 6.45) is 1.11. The molecule has 1 saturated heterocycles. The van der Waals surface area contributed by atoms with Gasteiger partial charge in [0.15, 0.2) is 28.5 Å². The minimum Gasteiger partial charge on any atom is -0.454 e. The molecular weight excluding hydrogens is 570 g/mol. The number of nitrogens with zero attached hydrogens (tertiary/aromatic N) is 5. The standard InChI is InChI=1S/C23H26FIN6O4/c1-12(32)22(33)30-5-2-13(3-6-30)4-7-31-18(27-19-20(26)28-23(24)29-21(19)31)9-14-8-16-17(10-15(14)25)35-11-34-16/h8,10,12-13,32H,2-7,9,11H2,1H3,(H2,26,28,29)/t12-/m0/s1. The van der Waals surface area contributed by atoms with Crippen molar-refractivity contribution in [2.45, 2.75) is 45.3 Å². The number of nitrogen functional groups attached to an aromatic ring is 1. The number of imidazole rings is 1. The number of carbonyl (C=O) groups excluding carboxylic acids is 1. The number of ether oxygens (including phenoxy) is 2. The first-order chi connectivity index (χ1) is 16.8. The van der Waals surface area contributed by atoms with Crippen LogP contribution in [-0.4, -0.2) is 61.4 Å². The largest absolute Gasteiger partial charge is 0.454 e. The van der Waals surface area contributed by atoms with Crippen LogP contribution in [0.2, 0.25) is 0 Å². The van der Waals surface area contributed by atoms with E-state index in [1.54, 1.807) is 4.90 Å². The third-order valence-corrected chi connectivity index (χ3v) is 7.61. The molecule has 2 aliphatic rings. The number of aromatic nitrogens is 4. The zero-order valence-corrected chi connectivity index (χ0v) is 21.4. The molecule has 1 amide bonds. The fourth-order valence-electron chi connectivity index (χ4n) is 4.69. The van der Waals surface area contributed by atoms with Crippen molar-refractivity contribution in [1.29, 1.82) is 0 Å². The van der Waals surface area contributed by atoms with Gasteiger partial charge in [-0.1, -0.05) is 0 Å². The molecule has 12 heteroatoms. The molecule has 0 unspecified atom stereocenters. The van der Waals surface area contributed by atoms with Gasteiger partial charge in [-0.25, -0.2) is 4.98 Å². The number of rotatable bonds is 6. The van der Waals surface area contributed by atoms with E-state index < -0.39 is 12.2 Å². The lowest BCUT2D eigenvalue weighted by Gasteiger charge is -2.32. The number of hydrogen-bond acceptors (Lipinski definition) is 8. The molecule has 1 atom stereocenters. The number of aliphatic hydroxyl groups excluding tert-OH is 1. The molecular formula is C23H26FIN6O4. The topological polar surface area (TPSA) is 129 Å². The average molecular weight is 596 g/mol. The van der Waals surface area contributed by atoms with E-state index in [0.29, 0.717) is 60.5 Å². The number of carbonyl (C=O) groups is 1. The molecule has 0 saturated carbocycles. The van der Waals surface area contributed by atoms with Crippen molar-refractivity contribution in [3.8, 4) is 11.5 Å². The molecule has 3 N–H and O–H groups in total. The third kappa shape index (κ3) is 4.85. The smallest absolute Gasteiger partial charge is 0.312 e. The summed E-state index contributed by atoms with van der Waals surface area (Å²) in [6.45, 7) is 3.50. The summed E-state index contributed by atoms with van der Waals surface area (Å²) in [5, 5.41) is 9.57. The number of likely N-dealkylation sites (tertiary alicyclic amines) is 1. The lowest BCUT2D eigenvalue weighted by atomic mass is 9.93. The Morgan fingerprint density at radius 3 is 2.69 bits per heavy atom. The highest BCUT2D eigenvalue weighted by molar-refractivity contribution is 14.1. The van der Waals surface area contributed by atoms with E-state index in [0.717, 1.165) is 28.4 Å². The number of fused-ring (bicyclic) bond motifs is 2. The van der Waals surface area contributed by atoms with E-state index >= 15 is 0 Å². The highest BCUT2D eigenvalue weighted by atomic mass is 127. The van der Waals surface area contributed by atoms with Crippen LogP contribution in [0.3, 0.4) is 0 Å². The van der Waals surface area contributed by atoms with E-state index in [1.807, 2.05) is 16.7 Å². The van der Waals surface area contributed by atoms with Crippen LogP contribution in [0.15, 0.2) is 12.1 Å². The predicted octanol–water partition coefficient (Wildman–Crippen LogP) is 2.48. The van der Waals surface area contributed by atoms with Gasteiger partial charge in [0, 0.05) is 29.6 Å². The minimum absolute atomic E-state index is 0.0119. The maximum atomic E-state index is 14.1. The predicted molar refractivity (Wildman–Crippen MR) is 133 cm³/mol. The van der Waals surface area contributed by atoms with Gasteiger partial charge in [-0.2, -0.15) is 14.4 Å². The van der Waals surface area contributed by atoms with Crippen LogP contribution in [0.25, 0.3) is 11.2 Å². The van der Waals surface area contributed by atoms with Crippen molar-refractivity contribution in [2.75, 3.05) is 25.6 Å². The first-order valence-corrected chi connectivity index (χ1v) is 12.6. The molecule has 1 aromatic carbocycles. The Labute approximate surface area is 214 Å². The molecule has 186 valence electrons. The quantitative estimate of drug-likeness (QED) is 0.328. The molecule has 4 heterocycles. The highest BCUT2D eigenvalue weighted by Crippen LogP contribution is 2.36. The van der Waals surface area contributed by atoms with E-state index in [1.165, 1.54) is 6.92 Å². The molecule has 35 heavy (non-hydrogen) atoms. The molecule has 1 fully saturated rings. The van der Waals surface area contributed by atoms with Gasteiger partial charge in [0.25, 0.3) is 5.91 Å². The first kappa shape index (κ1) is 24.0. The Bertz CT molecular complexity index is 1270. The van der Waals surface area contributed by atoms with Crippen LogP contribution >= 0.6 is 22.6 Å². The SMILES string of the molecule is C[C@H](O)C(=O)N1CCC(CCn2c(Cc3cc4c(cc3I)OCO4)nc3c(N)nc(F)nc32)CC1. The second-order valence-corrected chi connectivity index (χ2v) is 10.1. The monoisotopic (exact) mass is 596 g/mol. The molecule has 5 rings (SSSR count). The summed E-state index contributed by atoms with van der Waals surface area (Å²) in [7, 11) is 0. The molecule has 0 radical (unpaired) electrons. The van der Waals surface area contributed by atoms with Crippen LogP contribution in [0, 0.1) is 15.6 Å². The van der Waals surface area contributed by atoms with Gasteiger partial charge in [-0.15, -0.1) is 0 Å². The zero-order valence-electron chi connectivity index (χ0n) is 19.2. The summed E-state index contributed by atoms with van der Waals surface area (Å²) >= 11 is 2.26. The first-order valence-electron chi connectivity index (χ1n) is 11.5. The number of piperidine rings is 1. The van der Waals surface area contributed by atoms with Crippen molar-refractivity contribution in [3.63, 3.8) is 0 Å². The van der Waals surface area contributed by atoms with Gasteiger partial charge >= 0.3 is 6.08 Å². The normalized spacial score (nSPS) is 16.7. The molecule has 10 nitrogen and oxygen atoms in total. The second kappa shape index (κ2) is 9.72. The van der Waals surface area contributed by atoms with Gasteiger partial charge in [0.1, 0.15) is 11.9 Å². The Morgan fingerprint density at radius 1 is 1.26 bits per heavy atom. The molecule has 3 aromatic rings. The number of halogens is 2. The molecule has 2 aliphatic heterocycles. The number of aryl methyl sites for hydroxylation is 1. The Kier molecular flexibility index (Phi) is 6.66. The number of nitrogens with two attached hydrogens (primary N) is 1. The number of amides is 1. The van der Waals surface area contributed by atoms with Crippen LogP contribution in [0.1, 0.15) is 37.6 Å². The lowest BCUT2D eigenvalue weighted by Crippen LogP contribution is -2.43. The number of anilines is 1. The summed E-state index contributed by atoms with van der Waals surface area (Å²) in [6, 6.07) is 3.87. The van der Waals surface area contributed by atoms with Gasteiger partial charge in [-0.3, -0.25) is 4.79 Å². The molecule has 0 spiro atoms. The second-order valence-electron chi connectivity index (χ2n) is 8.94. The van der Waals surface area contributed by atoms with Crippen LogP contribution < -0.4 is 15.2 Å². The van der Waals surface area contributed by atoms with Crippen molar-refractivity contribution >= 4 is 45.5 Å². The summed E-state index contributed by atoms with van der Waals surface area (Å²) in [5.41, 5.74) is 7.74. The molecule has 2 aromatic heterocycles. The van der Waals surface area contributed by atoms with Gasteiger partial charge in [0.05, 0.1) is 0 Å². The summed E-state index contributed by atoms with van der Waals surface area (Å²) < 4.78 is 28.0. The fraction of sp³-hybridized carbons (Fsp3) is 0.478. The summed E-state index contributed by atoms with van der Waals surface area (Å²) in [5.74, 6) is 2.28. The fourth-order valence-corrected chi connectivity index (χ4v) is 5.32. The van der Waals surface area contributed by atoms with Gasteiger partial charge in [0.2, 0.25) is 6.79 Å². The Hall–Kier alpha value is -2.74. The van der Waals surface area contributed by atoms with Crippen LogP contribution in [0.4, 0.5) is 10.2 Å². The van der Waals surface area contributed by atoms with Crippen molar-refractivity contribution in [2.24, 2.45) is 5.92 Å². The lowest BCUT2D eigenvalue weighted by molar-refractivity contribution is -0.140.